The molecule has 0 aliphatic heterocycles. The van der Waals surface area contributed by atoms with Gasteiger partial charge in [-0.15, -0.1) is 0 Å². The lowest BCUT2D eigenvalue weighted by Gasteiger charge is -2.36. The molecule has 0 aliphatic rings. The van der Waals surface area contributed by atoms with E-state index in [2.05, 4.69) is 106 Å². The zero-order valence-corrected chi connectivity index (χ0v) is 16.2. The minimum atomic E-state index is -0.0869. The van der Waals surface area contributed by atoms with Gasteiger partial charge in [-0.25, -0.2) is 0 Å². The van der Waals surface area contributed by atoms with Crippen LogP contribution in [0.3, 0.4) is 0 Å². The molecule has 0 N–H and O–H groups in total. The van der Waals surface area contributed by atoms with E-state index >= 15 is 0 Å². The van der Waals surface area contributed by atoms with Gasteiger partial charge in [-0.2, -0.15) is 0 Å². The molecule has 0 bridgehead atoms. The summed E-state index contributed by atoms with van der Waals surface area (Å²) in [6, 6.07) is 32.9. The van der Waals surface area contributed by atoms with Crippen LogP contribution in [0.25, 0.3) is 0 Å². The molecule has 122 valence electrons. The molecule has 0 nitrogen and oxygen atoms in total. The summed E-state index contributed by atoms with van der Waals surface area (Å²) in [6.07, 6.45) is 3.53. The highest BCUT2D eigenvalue weighted by atomic mass is 79.9. The van der Waals surface area contributed by atoms with Crippen LogP contribution in [0.5, 0.6) is 0 Å². The third kappa shape index (κ3) is 3.63. The Bertz CT molecular complexity index is 629. The van der Waals surface area contributed by atoms with Crippen LogP contribution in [0.2, 0.25) is 0 Å². The molecule has 0 saturated heterocycles. The van der Waals surface area contributed by atoms with Crippen LogP contribution in [0.15, 0.2) is 91.0 Å². The molecule has 3 aromatic rings. The molecule has 3 rings (SSSR count). The minimum absolute atomic E-state index is 0.0869. The maximum absolute atomic E-state index is 3.61. The van der Waals surface area contributed by atoms with Crippen molar-refractivity contribution < 1.29 is 0 Å². The maximum atomic E-state index is 3.61. The van der Waals surface area contributed by atoms with Gasteiger partial charge in [-0.1, -0.05) is 114 Å². The van der Waals surface area contributed by atoms with Crippen LogP contribution in [-0.4, -0.2) is 6.16 Å². The number of hydrogen-bond donors (Lipinski definition) is 0. The molecule has 0 saturated carbocycles. The molecule has 24 heavy (non-hydrogen) atoms. The normalized spacial score (nSPS) is 11.9. The van der Waals surface area contributed by atoms with Crippen molar-refractivity contribution in [3.63, 3.8) is 0 Å². The van der Waals surface area contributed by atoms with Crippen LogP contribution in [0, 0.1) is 0 Å². The van der Waals surface area contributed by atoms with E-state index in [0.717, 1.165) is 13.7 Å². The van der Waals surface area contributed by atoms with Crippen LogP contribution < -0.4 is 0 Å². The first-order chi connectivity index (χ1) is 11.9. The van der Waals surface area contributed by atoms with Crippen molar-refractivity contribution in [1.82, 2.24) is 0 Å². The molecule has 0 fully saturated rings. The van der Waals surface area contributed by atoms with Crippen molar-refractivity contribution in [2.24, 2.45) is 0 Å². The van der Waals surface area contributed by atoms with Gasteiger partial charge in [0.15, 0.2) is 0 Å². The van der Waals surface area contributed by atoms with E-state index in [1.54, 1.807) is 0 Å². The lowest BCUT2D eigenvalue weighted by atomic mass is 9.67. The summed E-state index contributed by atoms with van der Waals surface area (Å²) in [4.78, 5) is 0. The molecule has 1 atom stereocenters. The second kappa shape index (κ2) is 8.60. The Morgan fingerprint density at radius 2 is 1.00 bits per heavy atom. The van der Waals surface area contributed by atoms with Crippen LogP contribution in [-0.2, 0) is 5.41 Å². The topological polar surface area (TPSA) is 0 Å². The molecule has 0 spiro atoms. The number of hydrogen-bond acceptors (Lipinski definition) is 0. The van der Waals surface area contributed by atoms with Crippen LogP contribution >= 0.6 is 22.8 Å². The number of halogens is 1. The lowest BCUT2D eigenvalue weighted by molar-refractivity contribution is 0.552. The van der Waals surface area contributed by atoms with E-state index in [1.807, 2.05) is 0 Å². The summed E-state index contributed by atoms with van der Waals surface area (Å²) in [5, 5.41) is 0. The fraction of sp³-hybridized carbons (Fsp3) is 0.182. The quantitative estimate of drug-likeness (QED) is 0.234. The van der Waals surface area contributed by atoms with Crippen molar-refractivity contribution in [3.8, 4) is 0 Å². The zero-order valence-electron chi connectivity index (χ0n) is 13.7. The summed E-state index contributed by atoms with van der Waals surface area (Å²) in [7, 11) is 0.829. The summed E-state index contributed by atoms with van der Waals surface area (Å²) >= 11 is 3.61. The molecule has 3 aromatic carbocycles. The fourth-order valence-electron chi connectivity index (χ4n) is 3.52. The third-order valence-corrected chi connectivity index (χ3v) is 6.35. The largest absolute Gasteiger partial charge is 0.0642 e. The van der Waals surface area contributed by atoms with E-state index in [4.69, 9.17) is 0 Å². The molecular weight excluding hydrogens is 375 g/mol. The van der Waals surface area contributed by atoms with Gasteiger partial charge in [0.2, 0.25) is 0 Å². The van der Waals surface area contributed by atoms with E-state index in [1.165, 1.54) is 29.3 Å². The summed E-state index contributed by atoms with van der Waals surface area (Å²) in [6.45, 7) is 0. The van der Waals surface area contributed by atoms with Gasteiger partial charge >= 0.3 is 0 Å². The highest BCUT2D eigenvalue weighted by Crippen LogP contribution is 2.43. The monoisotopic (exact) mass is 396 g/mol. The smallest absolute Gasteiger partial charge is 0.0451 e. The second-order valence-corrected chi connectivity index (χ2v) is 8.44. The summed E-state index contributed by atoms with van der Waals surface area (Å²) in [5.74, 6) is 0. The van der Waals surface area contributed by atoms with Crippen LogP contribution in [0.4, 0.5) is 0 Å². The van der Waals surface area contributed by atoms with Gasteiger partial charge in [0.1, 0.15) is 0 Å². The molecule has 0 radical (unpaired) electrons. The fourth-order valence-corrected chi connectivity index (χ4v) is 4.67. The second-order valence-electron chi connectivity index (χ2n) is 5.99. The summed E-state index contributed by atoms with van der Waals surface area (Å²) in [5.41, 5.74) is 4.04. The van der Waals surface area contributed by atoms with Gasteiger partial charge in [0, 0.05) is 5.41 Å². The SMILES string of the molecule is BrPCCCC(c1ccccc1)(c1ccccc1)c1ccccc1. The van der Waals surface area contributed by atoms with Gasteiger partial charge < -0.3 is 0 Å². The molecule has 0 amide bonds. The Balaban J connectivity index is 2.20. The predicted molar refractivity (Wildman–Crippen MR) is 111 cm³/mol. The average molecular weight is 397 g/mol. The lowest BCUT2D eigenvalue weighted by Crippen LogP contribution is -2.29. The van der Waals surface area contributed by atoms with Crippen molar-refractivity contribution in [1.29, 1.82) is 0 Å². The van der Waals surface area contributed by atoms with Crippen molar-refractivity contribution in [2.45, 2.75) is 18.3 Å². The van der Waals surface area contributed by atoms with Gasteiger partial charge in [0.25, 0.3) is 0 Å². The molecule has 0 heterocycles. The maximum Gasteiger partial charge on any atom is 0.0451 e. The standard InChI is InChI=1S/C22H22BrP/c23-24-18-10-17-22(19-11-4-1-5-12-19,20-13-6-2-7-14-20)21-15-8-3-9-16-21/h1-9,11-16,24H,10,17-18H2. The van der Waals surface area contributed by atoms with Gasteiger partial charge in [0.05, 0.1) is 0 Å². The van der Waals surface area contributed by atoms with Gasteiger partial charge in [-0.3, -0.25) is 0 Å². The number of rotatable bonds is 7. The van der Waals surface area contributed by atoms with E-state index in [9.17, 15) is 0 Å². The molecule has 1 unspecified atom stereocenters. The summed E-state index contributed by atoms with van der Waals surface area (Å²) < 4.78 is 0. The first-order valence-electron chi connectivity index (χ1n) is 8.38. The van der Waals surface area contributed by atoms with Crippen LogP contribution in [0.1, 0.15) is 29.5 Å². The Morgan fingerprint density at radius 1 is 0.625 bits per heavy atom. The highest BCUT2D eigenvalue weighted by Gasteiger charge is 2.35. The predicted octanol–water partition coefficient (Wildman–Crippen LogP) is 6.79. The Kier molecular flexibility index (Phi) is 6.24. The van der Waals surface area contributed by atoms with Crippen molar-refractivity contribution in [3.05, 3.63) is 108 Å². The first kappa shape index (κ1) is 17.4. The van der Waals surface area contributed by atoms with E-state index in [-0.39, 0.29) is 5.41 Å². The zero-order chi connectivity index (χ0) is 16.7. The Labute approximate surface area is 154 Å². The third-order valence-electron chi connectivity index (χ3n) is 4.62. The highest BCUT2D eigenvalue weighted by molar-refractivity contribution is 9.36. The molecule has 2 heteroatoms. The first-order valence-corrected chi connectivity index (χ1v) is 11.8. The van der Waals surface area contributed by atoms with Gasteiger partial charge in [-0.05, 0) is 35.7 Å². The molecule has 0 aromatic heterocycles. The Morgan fingerprint density at radius 3 is 1.33 bits per heavy atom. The average Bonchev–Trinajstić information content (AvgIpc) is 2.68. The number of benzene rings is 3. The van der Waals surface area contributed by atoms with E-state index in [0.29, 0.717) is 0 Å². The molecule has 0 aliphatic carbocycles. The van der Waals surface area contributed by atoms with E-state index < -0.39 is 0 Å². The molecular formula is C22H22BrP. The minimum Gasteiger partial charge on any atom is -0.0642 e. The Hall–Kier alpha value is -1.43. The van der Waals surface area contributed by atoms with Crippen molar-refractivity contribution in [2.75, 3.05) is 6.16 Å². The van der Waals surface area contributed by atoms with Crippen molar-refractivity contribution >= 4 is 22.8 Å².